The highest BCUT2D eigenvalue weighted by atomic mass is 35.5. The molecule has 0 bridgehead atoms. The summed E-state index contributed by atoms with van der Waals surface area (Å²) >= 11 is 5.91. The monoisotopic (exact) mass is 514 g/mol. The predicted molar refractivity (Wildman–Crippen MR) is 131 cm³/mol. The number of nitrogens with zero attached hydrogens (tertiary/aromatic N) is 4. The van der Waals surface area contributed by atoms with Crippen LogP contribution < -0.4 is 9.64 Å². The average Bonchev–Trinajstić information content (AvgIpc) is 3.22. The Labute approximate surface area is 211 Å². The van der Waals surface area contributed by atoms with Gasteiger partial charge in [0.25, 0.3) is 0 Å². The molecule has 1 atom stereocenters. The Morgan fingerprint density at radius 3 is 2.33 bits per heavy atom. The van der Waals surface area contributed by atoms with Gasteiger partial charge in [0, 0.05) is 30.4 Å². The van der Waals surface area contributed by atoms with Crippen LogP contribution in [0.4, 0.5) is 18.9 Å². The van der Waals surface area contributed by atoms with Crippen molar-refractivity contribution < 1.29 is 23.0 Å². The summed E-state index contributed by atoms with van der Waals surface area (Å²) in [7, 11) is 0. The number of nitriles is 1. The van der Waals surface area contributed by atoms with E-state index >= 15 is 0 Å². The van der Waals surface area contributed by atoms with Gasteiger partial charge in [-0.3, -0.25) is 0 Å². The molecule has 1 aliphatic rings. The SMILES string of the molecule is N#C/N=C1/N(CCCO)C[C@H](c2cccc(C(F)(F)F)c2)N1c1ccc(Oc2ccc(Cl)cc2)cc1. The van der Waals surface area contributed by atoms with Crippen LogP contribution in [0.1, 0.15) is 23.6 Å². The molecule has 0 spiro atoms. The summed E-state index contributed by atoms with van der Waals surface area (Å²) in [6, 6.07) is 18.5. The van der Waals surface area contributed by atoms with Gasteiger partial charge in [0.1, 0.15) is 11.5 Å². The Morgan fingerprint density at radius 1 is 1.06 bits per heavy atom. The van der Waals surface area contributed by atoms with Crippen LogP contribution in [0.3, 0.4) is 0 Å². The molecule has 36 heavy (non-hydrogen) atoms. The molecule has 3 aromatic carbocycles. The number of rotatable bonds is 7. The number of aliphatic hydroxyl groups excluding tert-OH is 1. The number of benzene rings is 3. The van der Waals surface area contributed by atoms with Gasteiger partial charge in [0.2, 0.25) is 12.2 Å². The maximum atomic E-state index is 13.4. The standard InChI is InChI=1S/C26H22ClF3N4O2/c27-20-5-9-22(10-6-20)36-23-11-7-21(8-12-23)34-24(16-33(13-2-14-35)25(34)32-17-31)18-3-1-4-19(15-18)26(28,29)30/h1,3-12,15,24,35H,2,13-14,16H2/b32-25-/t24-/m1/s1. The number of guanidine groups is 1. The lowest BCUT2D eigenvalue weighted by Gasteiger charge is -2.26. The van der Waals surface area contributed by atoms with Gasteiger partial charge < -0.3 is 19.6 Å². The summed E-state index contributed by atoms with van der Waals surface area (Å²) < 4.78 is 46.1. The Balaban J connectivity index is 1.70. The van der Waals surface area contributed by atoms with E-state index in [4.69, 9.17) is 16.3 Å². The van der Waals surface area contributed by atoms with Crippen LogP contribution in [0, 0.1) is 11.5 Å². The third kappa shape index (κ3) is 5.73. The summed E-state index contributed by atoms with van der Waals surface area (Å²) in [4.78, 5) is 7.52. The second-order valence-corrected chi connectivity index (χ2v) is 8.53. The molecular weight excluding hydrogens is 493 g/mol. The van der Waals surface area contributed by atoms with Gasteiger partial charge in [-0.05, 0) is 72.6 Å². The van der Waals surface area contributed by atoms with E-state index in [0.717, 1.165) is 12.1 Å². The van der Waals surface area contributed by atoms with Crippen molar-refractivity contribution in [2.45, 2.75) is 18.6 Å². The molecule has 4 rings (SSSR count). The van der Waals surface area contributed by atoms with Crippen molar-refractivity contribution >= 4 is 23.2 Å². The van der Waals surface area contributed by atoms with Crippen LogP contribution in [-0.2, 0) is 6.18 Å². The Hall–Kier alpha value is -3.74. The normalized spacial score (nSPS) is 16.9. The van der Waals surface area contributed by atoms with E-state index in [9.17, 15) is 23.5 Å². The Bertz CT molecular complexity index is 1260. The first-order chi connectivity index (χ1) is 17.3. The molecule has 6 nitrogen and oxygen atoms in total. The zero-order chi connectivity index (χ0) is 25.7. The highest BCUT2D eigenvalue weighted by Crippen LogP contribution is 2.38. The highest BCUT2D eigenvalue weighted by molar-refractivity contribution is 6.30. The predicted octanol–water partition coefficient (Wildman–Crippen LogP) is 6.23. The fraction of sp³-hybridized carbons (Fsp3) is 0.231. The van der Waals surface area contributed by atoms with Crippen molar-refractivity contribution in [3.8, 4) is 17.7 Å². The number of anilines is 1. The molecule has 0 amide bonds. The van der Waals surface area contributed by atoms with Crippen molar-refractivity contribution in [3.63, 3.8) is 0 Å². The van der Waals surface area contributed by atoms with Crippen molar-refractivity contribution in [1.29, 1.82) is 5.26 Å². The van der Waals surface area contributed by atoms with Crippen LogP contribution in [0.25, 0.3) is 0 Å². The molecule has 0 radical (unpaired) electrons. The summed E-state index contributed by atoms with van der Waals surface area (Å²) in [6.07, 6.45) is -2.27. The van der Waals surface area contributed by atoms with E-state index in [-0.39, 0.29) is 6.61 Å². The van der Waals surface area contributed by atoms with E-state index in [2.05, 4.69) is 4.99 Å². The number of aliphatic hydroxyl groups is 1. The number of alkyl halides is 3. The van der Waals surface area contributed by atoms with E-state index in [1.807, 2.05) is 0 Å². The molecule has 1 aliphatic heterocycles. The topological polar surface area (TPSA) is 72.1 Å². The fourth-order valence-electron chi connectivity index (χ4n) is 4.07. The number of hydrogen-bond donors (Lipinski definition) is 1. The summed E-state index contributed by atoms with van der Waals surface area (Å²) in [5.74, 6) is 1.45. The number of hydrogen-bond acceptors (Lipinski definition) is 4. The van der Waals surface area contributed by atoms with Crippen LogP contribution in [0.2, 0.25) is 5.02 Å². The first kappa shape index (κ1) is 25.4. The van der Waals surface area contributed by atoms with Gasteiger partial charge in [0.05, 0.1) is 11.6 Å². The van der Waals surface area contributed by atoms with Gasteiger partial charge in [-0.25, -0.2) is 0 Å². The lowest BCUT2D eigenvalue weighted by molar-refractivity contribution is -0.137. The molecule has 10 heteroatoms. The lowest BCUT2D eigenvalue weighted by atomic mass is 10.0. The van der Waals surface area contributed by atoms with E-state index in [1.54, 1.807) is 70.6 Å². The first-order valence-corrected chi connectivity index (χ1v) is 11.5. The van der Waals surface area contributed by atoms with Crippen molar-refractivity contribution in [3.05, 3.63) is 88.9 Å². The number of ether oxygens (including phenoxy) is 1. The van der Waals surface area contributed by atoms with Gasteiger partial charge >= 0.3 is 6.18 Å². The largest absolute Gasteiger partial charge is 0.457 e. The van der Waals surface area contributed by atoms with Gasteiger partial charge in [0.15, 0.2) is 0 Å². The second kappa shape index (κ2) is 10.9. The van der Waals surface area contributed by atoms with Crippen LogP contribution in [0.5, 0.6) is 11.5 Å². The molecule has 0 aromatic heterocycles. The van der Waals surface area contributed by atoms with Crippen molar-refractivity contribution in [1.82, 2.24) is 4.90 Å². The molecule has 3 aromatic rings. The summed E-state index contributed by atoms with van der Waals surface area (Å²) in [5.41, 5.74) is 0.309. The van der Waals surface area contributed by atoms with Crippen LogP contribution in [-0.4, -0.2) is 35.7 Å². The Kier molecular flexibility index (Phi) is 7.67. The van der Waals surface area contributed by atoms with Gasteiger partial charge in [-0.15, -0.1) is 4.99 Å². The van der Waals surface area contributed by atoms with E-state index in [0.29, 0.717) is 53.2 Å². The molecule has 1 N–H and O–H groups in total. The fourth-order valence-corrected chi connectivity index (χ4v) is 4.20. The summed E-state index contributed by atoms with van der Waals surface area (Å²) in [6.45, 7) is 0.618. The minimum atomic E-state index is -4.49. The van der Waals surface area contributed by atoms with E-state index < -0.39 is 17.8 Å². The van der Waals surface area contributed by atoms with Crippen LogP contribution >= 0.6 is 11.6 Å². The summed E-state index contributed by atoms with van der Waals surface area (Å²) in [5, 5.41) is 19.2. The maximum Gasteiger partial charge on any atom is 0.416 e. The number of aliphatic imine (C=N–C) groups is 1. The minimum absolute atomic E-state index is 0.0682. The van der Waals surface area contributed by atoms with Gasteiger partial charge in [-0.2, -0.15) is 18.4 Å². The quantitative estimate of drug-likeness (QED) is 0.378. The molecule has 1 saturated heterocycles. The highest BCUT2D eigenvalue weighted by Gasteiger charge is 2.39. The zero-order valence-electron chi connectivity index (χ0n) is 19.0. The molecule has 186 valence electrons. The smallest absolute Gasteiger partial charge is 0.416 e. The maximum absolute atomic E-state index is 13.4. The van der Waals surface area contributed by atoms with Gasteiger partial charge in [-0.1, -0.05) is 23.7 Å². The van der Waals surface area contributed by atoms with Crippen molar-refractivity contribution in [2.24, 2.45) is 4.99 Å². The molecule has 1 fully saturated rings. The third-order valence-electron chi connectivity index (χ3n) is 5.70. The first-order valence-electron chi connectivity index (χ1n) is 11.1. The van der Waals surface area contributed by atoms with Crippen molar-refractivity contribution in [2.75, 3.05) is 24.6 Å². The zero-order valence-corrected chi connectivity index (χ0v) is 19.7. The average molecular weight is 515 g/mol. The lowest BCUT2D eigenvalue weighted by Crippen LogP contribution is -2.35. The van der Waals surface area contributed by atoms with E-state index in [1.165, 1.54) is 6.07 Å². The number of halogens is 4. The van der Waals surface area contributed by atoms with Crippen LogP contribution in [0.15, 0.2) is 77.8 Å². The molecular formula is C26H22ClF3N4O2. The molecule has 1 heterocycles. The Morgan fingerprint density at radius 2 is 1.72 bits per heavy atom. The third-order valence-corrected chi connectivity index (χ3v) is 5.95. The molecule has 0 aliphatic carbocycles. The minimum Gasteiger partial charge on any atom is -0.457 e. The molecule has 0 unspecified atom stereocenters. The second-order valence-electron chi connectivity index (χ2n) is 8.09. The molecule has 0 saturated carbocycles.